The van der Waals surface area contributed by atoms with Crippen LogP contribution in [0.25, 0.3) is 0 Å². The van der Waals surface area contributed by atoms with Gasteiger partial charge in [-0.1, -0.05) is 52.8 Å². The van der Waals surface area contributed by atoms with Gasteiger partial charge in [0.05, 0.1) is 6.61 Å². The van der Waals surface area contributed by atoms with Crippen molar-refractivity contribution in [1.82, 2.24) is 5.32 Å². The van der Waals surface area contributed by atoms with Gasteiger partial charge in [-0.15, -0.1) is 0 Å². The Balaban J connectivity index is 2.53. The van der Waals surface area contributed by atoms with E-state index in [2.05, 4.69) is 58.1 Å². The van der Waals surface area contributed by atoms with Gasteiger partial charge >= 0.3 is 0 Å². The first-order valence-corrected chi connectivity index (χ1v) is 7.38. The highest BCUT2D eigenvalue weighted by Crippen LogP contribution is 2.31. The molecule has 1 rings (SSSR count). The second kappa shape index (κ2) is 7.54. The first-order valence-electron chi connectivity index (χ1n) is 7.38. The Kier molecular flexibility index (Phi) is 6.36. The van der Waals surface area contributed by atoms with Crippen LogP contribution in [0.15, 0.2) is 24.3 Å². The van der Waals surface area contributed by atoms with Gasteiger partial charge in [-0.2, -0.15) is 0 Å². The topological polar surface area (TPSA) is 21.3 Å². The van der Waals surface area contributed by atoms with Gasteiger partial charge in [0.25, 0.3) is 0 Å². The van der Waals surface area contributed by atoms with Crippen LogP contribution >= 0.6 is 0 Å². The summed E-state index contributed by atoms with van der Waals surface area (Å²) in [5, 5.41) is 3.44. The van der Waals surface area contributed by atoms with Gasteiger partial charge in [-0.3, -0.25) is 0 Å². The van der Waals surface area contributed by atoms with Crippen LogP contribution in [0.3, 0.4) is 0 Å². The number of rotatable bonds is 7. The van der Waals surface area contributed by atoms with Crippen molar-refractivity contribution in [2.75, 3.05) is 19.7 Å². The molecule has 0 bridgehead atoms. The lowest BCUT2D eigenvalue weighted by Gasteiger charge is -2.23. The minimum absolute atomic E-state index is 0.125. The van der Waals surface area contributed by atoms with Crippen LogP contribution in [0, 0.1) is 5.92 Å². The molecule has 0 spiro atoms. The third-order valence-corrected chi connectivity index (χ3v) is 3.14. The van der Waals surface area contributed by atoms with Crippen molar-refractivity contribution in [1.29, 1.82) is 0 Å². The molecule has 2 heteroatoms. The zero-order chi connectivity index (χ0) is 14.3. The fourth-order valence-corrected chi connectivity index (χ4v) is 2.03. The Morgan fingerprint density at radius 2 is 1.89 bits per heavy atom. The van der Waals surface area contributed by atoms with Crippen molar-refractivity contribution in [2.45, 2.75) is 46.5 Å². The van der Waals surface area contributed by atoms with Crippen molar-refractivity contribution in [3.05, 3.63) is 29.8 Å². The SMILES string of the molecule is CCCNCC(C)COc1ccccc1C(C)(C)C. The molecule has 0 aliphatic carbocycles. The van der Waals surface area contributed by atoms with Crippen LogP contribution in [-0.4, -0.2) is 19.7 Å². The molecule has 0 radical (unpaired) electrons. The van der Waals surface area contributed by atoms with E-state index in [-0.39, 0.29) is 5.41 Å². The molecule has 0 aliphatic rings. The van der Waals surface area contributed by atoms with Gasteiger partial charge < -0.3 is 10.1 Å². The minimum atomic E-state index is 0.125. The molecule has 1 atom stereocenters. The Bertz CT molecular complexity index is 368. The molecule has 19 heavy (non-hydrogen) atoms. The first kappa shape index (κ1) is 16.0. The molecular weight excluding hydrogens is 234 g/mol. The highest BCUT2D eigenvalue weighted by molar-refractivity contribution is 5.38. The zero-order valence-electron chi connectivity index (χ0n) is 13.1. The number of hydrogen-bond acceptors (Lipinski definition) is 2. The Hall–Kier alpha value is -1.02. The first-order chi connectivity index (χ1) is 8.95. The quantitative estimate of drug-likeness (QED) is 0.751. The van der Waals surface area contributed by atoms with E-state index >= 15 is 0 Å². The standard InChI is InChI=1S/C17H29NO/c1-6-11-18-12-14(2)13-19-16-10-8-7-9-15(16)17(3,4)5/h7-10,14,18H,6,11-13H2,1-5H3. The van der Waals surface area contributed by atoms with E-state index in [1.165, 1.54) is 12.0 Å². The summed E-state index contributed by atoms with van der Waals surface area (Å²) in [5.74, 6) is 1.55. The summed E-state index contributed by atoms with van der Waals surface area (Å²) in [6.07, 6.45) is 1.18. The predicted molar refractivity (Wildman–Crippen MR) is 83.0 cm³/mol. The molecule has 0 aliphatic heterocycles. The number of para-hydroxylation sites is 1. The van der Waals surface area contributed by atoms with E-state index in [9.17, 15) is 0 Å². The lowest BCUT2D eigenvalue weighted by molar-refractivity contribution is 0.250. The smallest absolute Gasteiger partial charge is 0.123 e. The number of nitrogens with one attached hydrogen (secondary N) is 1. The average Bonchev–Trinajstić information content (AvgIpc) is 2.36. The van der Waals surface area contributed by atoms with Gasteiger partial charge in [-0.25, -0.2) is 0 Å². The largest absolute Gasteiger partial charge is 0.493 e. The van der Waals surface area contributed by atoms with Crippen molar-refractivity contribution in [2.24, 2.45) is 5.92 Å². The number of ether oxygens (including phenoxy) is 1. The van der Waals surface area contributed by atoms with E-state index in [4.69, 9.17) is 4.74 Å². The summed E-state index contributed by atoms with van der Waals surface area (Å²) in [4.78, 5) is 0. The third-order valence-electron chi connectivity index (χ3n) is 3.14. The molecule has 0 aromatic heterocycles. The molecule has 1 N–H and O–H groups in total. The summed E-state index contributed by atoms with van der Waals surface area (Å²) >= 11 is 0. The van der Waals surface area contributed by atoms with Gasteiger partial charge in [0.1, 0.15) is 5.75 Å². The third kappa shape index (κ3) is 5.65. The van der Waals surface area contributed by atoms with Crippen molar-refractivity contribution in [3.8, 4) is 5.75 Å². The summed E-state index contributed by atoms with van der Waals surface area (Å²) in [6, 6.07) is 8.37. The van der Waals surface area contributed by atoms with Gasteiger partial charge in [-0.05, 0) is 30.0 Å². The summed E-state index contributed by atoms with van der Waals surface area (Å²) in [6.45, 7) is 14.0. The second-order valence-corrected chi connectivity index (χ2v) is 6.37. The molecule has 0 saturated carbocycles. The molecule has 1 aromatic rings. The highest BCUT2D eigenvalue weighted by Gasteiger charge is 2.18. The minimum Gasteiger partial charge on any atom is -0.493 e. The Morgan fingerprint density at radius 3 is 2.53 bits per heavy atom. The van der Waals surface area contributed by atoms with E-state index in [0.29, 0.717) is 5.92 Å². The van der Waals surface area contributed by atoms with Crippen molar-refractivity contribution >= 4 is 0 Å². The van der Waals surface area contributed by atoms with Crippen LogP contribution in [0.1, 0.15) is 46.6 Å². The van der Waals surface area contributed by atoms with Crippen LogP contribution < -0.4 is 10.1 Å². The van der Waals surface area contributed by atoms with E-state index in [1.807, 2.05) is 6.07 Å². The fraction of sp³-hybridized carbons (Fsp3) is 0.647. The summed E-state index contributed by atoms with van der Waals surface area (Å²) < 4.78 is 6.02. The molecule has 0 heterocycles. The maximum atomic E-state index is 6.02. The number of benzene rings is 1. The van der Waals surface area contributed by atoms with E-state index in [1.54, 1.807) is 0 Å². The summed E-state index contributed by atoms with van der Waals surface area (Å²) in [5.41, 5.74) is 1.41. The molecule has 0 saturated heterocycles. The average molecular weight is 263 g/mol. The van der Waals surface area contributed by atoms with Crippen LogP contribution in [-0.2, 0) is 5.41 Å². The van der Waals surface area contributed by atoms with Crippen LogP contribution in [0.4, 0.5) is 0 Å². The molecule has 1 aromatic carbocycles. The van der Waals surface area contributed by atoms with E-state index < -0.39 is 0 Å². The van der Waals surface area contributed by atoms with Gasteiger partial charge in [0, 0.05) is 12.5 Å². The van der Waals surface area contributed by atoms with Crippen molar-refractivity contribution in [3.63, 3.8) is 0 Å². The zero-order valence-corrected chi connectivity index (χ0v) is 13.1. The number of hydrogen-bond donors (Lipinski definition) is 1. The van der Waals surface area contributed by atoms with Crippen LogP contribution in [0.2, 0.25) is 0 Å². The van der Waals surface area contributed by atoms with Crippen LogP contribution in [0.5, 0.6) is 5.75 Å². The molecule has 0 fully saturated rings. The van der Waals surface area contributed by atoms with Crippen molar-refractivity contribution < 1.29 is 4.74 Å². The lowest BCUT2D eigenvalue weighted by atomic mass is 9.86. The normalized spacial score (nSPS) is 13.3. The van der Waals surface area contributed by atoms with E-state index in [0.717, 1.165) is 25.4 Å². The van der Waals surface area contributed by atoms with Gasteiger partial charge in [0.2, 0.25) is 0 Å². The molecule has 2 nitrogen and oxygen atoms in total. The predicted octanol–water partition coefficient (Wildman–Crippen LogP) is 4.00. The highest BCUT2D eigenvalue weighted by atomic mass is 16.5. The molecule has 0 amide bonds. The molecular formula is C17H29NO. The second-order valence-electron chi connectivity index (χ2n) is 6.37. The maximum Gasteiger partial charge on any atom is 0.123 e. The monoisotopic (exact) mass is 263 g/mol. The maximum absolute atomic E-state index is 6.02. The molecule has 1 unspecified atom stereocenters. The Labute approximate surface area is 118 Å². The lowest BCUT2D eigenvalue weighted by Crippen LogP contribution is -2.26. The molecule has 108 valence electrons. The fourth-order valence-electron chi connectivity index (χ4n) is 2.03. The van der Waals surface area contributed by atoms with Gasteiger partial charge in [0.15, 0.2) is 0 Å². The Morgan fingerprint density at radius 1 is 1.21 bits per heavy atom. The summed E-state index contributed by atoms with van der Waals surface area (Å²) in [7, 11) is 0.